The molecule has 1 aromatic carbocycles. The molecule has 0 aliphatic heterocycles. The van der Waals surface area contributed by atoms with Crippen LogP contribution in [0.15, 0.2) is 30.3 Å². The first kappa shape index (κ1) is 20.6. The van der Waals surface area contributed by atoms with Gasteiger partial charge in [0.05, 0.1) is 18.6 Å². The standard InChI is InChI=1S/C19H20FNO5S/c1-3-14-10-15(19(24)25-4-2)18(27-14)21-16(22)11-26-17(23)9-12-5-7-13(20)8-6-12/h5-8,10H,3-4,9,11H2,1-2H3,(H,21,22). The molecule has 0 aliphatic rings. The smallest absolute Gasteiger partial charge is 0.341 e. The van der Waals surface area contributed by atoms with Crippen LogP contribution < -0.4 is 5.32 Å². The van der Waals surface area contributed by atoms with Crippen molar-refractivity contribution in [1.29, 1.82) is 0 Å². The van der Waals surface area contributed by atoms with Crippen molar-refractivity contribution in [3.8, 4) is 0 Å². The Labute approximate surface area is 160 Å². The normalized spacial score (nSPS) is 10.3. The lowest BCUT2D eigenvalue weighted by molar-refractivity contribution is -0.146. The molecular weight excluding hydrogens is 373 g/mol. The molecule has 0 saturated carbocycles. The number of carbonyl (C=O) groups is 3. The van der Waals surface area contributed by atoms with Crippen LogP contribution in [0.5, 0.6) is 0 Å². The Morgan fingerprint density at radius 1 is 1.11 bits per heavy atom. The van der Waals surface area contributed by atoms with E-state index in [1.165, 1.54) is 35.6 Å². The van der Waals surface area contributed by atoms with E-state index in [1.54, 1.807) is 13.0 Å². The average Bonchev–Trinajstić information content (AvgIpc) is 3.05. The second kappa shape index (κ2) is 9.82. The molecule has 27 heavy (non-hydrogen) atoms. The van der Waals surface area contributed by atoms with Gasteiger partial charge in [-0.25, -0.2) is 9.18 Å². The molecule has 6 nitrogen and oxygen atoms in total. The number of anilines is 1. The number of hydrogen-bond donors (Lipinski definition) is 1. The predicted molar refractivity (Wildman–Crippen MR) is 99.3 cm³/mol. The third-order valence-corrected chi connectivity index (χ3v) is 4.70. The number of aryl methyl sites for hydroxylation is 1. The van der Waals surface area contributed by atoms with E-state index in [9.17, 15) is 18.8 Å². The van der Waals surface area contributed by atoms with Gasteiger partial charge in [-0.2, -0.15) is 0 Å². The molecule has 1 amide bonds. The van der Waals surface area contributed by atoms with Gasteiger partial charge >= 0.3 is 11.9 Å². The van der Waals surface area contributed by atoms with Gasteiger partial charge in [-0.1, -0.05) is 19.1 Å². The lowest BCUT2D eigenvalue weighted by Crippen LogP contribution is -2.22. The molecule has 2 aromatic rings. The van der Waals surface area contributed by atoms with Crippen LogP contribution in [0.1, 0.15) is 34.6 Å². The summed E-state index contributed by atoms with van der Waals surface area (Å²) in [5.74, 6) is -2.08. The van der Waals surface area contributed by atoms with Crippen LogP contribution in [0.25, 0.3) is 0 Å². The largest absolute Gasteiger partial charge is 0.462 e. The van der Waals surface area contributed by atoms with Crippen molar-refractivity contribution in [3.63, 3.8) is 0 Å². The molecule has 0 aliphatic carbocycles. The monoisotopic (exact) mass is 393 g/mol. The molecule has 144 valence electrons. The van der Waals surface area contributed by atoms with Crippen LogP contribution >= 0.6 is 11.3 Å². The van der Waals surface area contributed by atoms with E-state index in [0.717, 1.165) is 4.88 Å². The van der Waals surface area contributed by atoms with Crippen LogP contribution in [0.3, 0.4) is 0 Å². The molecule has 0 fully saturated rings. The number of hydrogen-bond acceptors (Lipinski definition) is 6. The summed E-state index contributed by atoms with van der Waals surface area (Å²) in [5, 5.41) is 2.95. The Balaban J connectivity index is 1.91. The van der Waals surface area contributed by atoms with Crippen LogP contribution in [-0.2, 0) is 31.9 Å². The van der Waals surface area contributed by atoms with Crippen molar-refractivity contribution >= 4 is 34.2 Å². The molecule has 0 unspecified atom stereocenters. The summed E-state index contributed by atoms with van der Waals surface area (Å²) in [6.07, 6.45) is 0.639. The molecule has 2 rings (SSSR count). The van der Waals surface area contributed by atoms with Gasteiger partial charge in [0.2, 0.25) is 0 Å². The Kier molecular flexibility index (Phi) is 7.48. The summed E-state index contributed by atoms with van der Waals surface area (Å²) < 4.78 is 22.8. The maximum absolute atomic E-state index is 12.8. The molecule has 0 radical (unpaired) electrons. The summed E-state index contributed by atoms with van der Waals surface area (Å²) in [4.78, 5) is 36.8. The van der Waals surface area contributed by atoms with Gasteiger partial charge < -0.3 is 14.8 Å². The second-order valence-corrected chi connectivity index (χ2v) is 6.68. The first-order valence-corrected chi connectivity index (χ1v) is 9.24. The zero-order valence-electron chi connectivity index (χ0n) is 15.0. The molecule has 0 saturated heterocycles. The van der Waals surface area contributed by atoms with Crippen LogP contribution in [0.2, 0.25) is 0 Å². The quantitative estimate of drug-likeness (QED) is 0.696. The number of thiophene rings is 1. The van der Waals surface area contributed by atoms with Crippen LogP contribution in [0, 0.1) is 5.82 Å². The zero-order valence-corrected chi connectivity index (χ0v) is 15.9. The van der Waals surface area contributed by atoms with E-state index in [0.29, 0.717) is 17.0 Å². The minimum atomic E-state index is -0.609. The highest BCUT2D eigenvalue weighted by molar-refractivity contribution is 7.16. The predicted octanol–water partition coefficient (Wildman–Crippen LogP) is 3.35. The maximum atomic E-state index is 12.8. The Hall–Kier alpha value is -2.74. The highest BCUT2D eigenvalue weighted by atomic mass is 32.1. The van der Waals surface area contributed by atoms with Gasteiger partial charge in [-0.05, 0) is 37.1 Å². The third kappa shape index (κ3) is 6.18. The minimum Gasteiger partial charge on any atom is -0.462 e. The Bertz CT molecular complexity index is 816. The average molecular weight is 393 g/mol. The number of halogens is 1. The number of esters is 2. The lowest BCUT2D eigenvalue weighted by atomic mass is 10.1. The topological polar surface area (TPSA) is 81.7 Å². The molecule has 0 spiro atoms. The summed E-state index contributed by atoms with van der Waals surface area (Å²) in [5.41, 5.74) is 0.863. The first-order valence-electron chi connectivity index (χ1n) is 8.42. The Morgan fingerprint density at radius 2 is 1.81 bits per heavy atom. The van der Waals surface area contributed by atoms with Crippen molar-refractivity contribution in [2.45, 2.75) is 26.7 Å². The summed E-state index contributed by atoms with van der Waals surface area (Å²) >= 11 is 1.27. The maximum Gasteiger partial charge on any atom is 0.341 e. The fourth-order valence-electron chi connectivity index (χ4n) is 2.20. The van der Waals surface area contributed by atoms with Crippen molar-refractivity contribution in [2.75, 3.05) is 18.5 Å². The number of amides is 1. The number of carbonyl (C=O) groups excluding carboxylic acids is 3. The fraction of sp³-hybridized carbons (Fsp3) is 0.316. The zero-order chi connectivity index (χ0) is 19.8. The van der Waals surface area contributed by atoms with Crippen molar-refractivity contribution in [3.05, 3.63) is 52.2 Å². The van der Waals surface area contributed by atoms with Crippen LogP contribution in [0.4, 0.5) is 9.39 Å². The van der Waals surface area contributed by atoms with Crippen molar-refractivity contribution < 1.29 is 28.2 Å². The molecule has 1 aromatic heterocycles. The molecule has 1 N–H and O–H groups in total. The Morgan fingerprint density at radius 3 is 2.44 bits per heavy atom. The van der Waals surface area contributed by atoms with E-state index in [-0.39, 0.29) is 18.6 Å². The van der Waals surface area contributed by atoms with Gasteiger partial charge in [-0.15, -0.1) is 11.3 Å². The second-order valence-electron chi connectivity index (χ2n) is 5.54. The van der Waals surface area contributed by atoms with Gasteiger partial charge in [-0.3, -0.25) is 9.59 Å². The lowest BCUT2D eigenvalue weighted by Gasteiger charge is -2.07. The first-order chi connectivity index (χ1) is 12.9. The number of benzene rings is 1. The molecule has 0 bridgehead atoms. The SMILES string of the molecule is CCOC(=O)c1cc(CC)sc1NC(=O)COC(=O)Cc1ccc(F)cc1. The fourth-order valence-corrected chi connectivity index (χ4v) is 3.20. The number of nitrogens with one attached hydrogen (secondary N) is 1. The van der Waals surface area contributed by atoms with Gasteiger partial charge in [0.1, 0.15) is 10.8 Å². The molecular formula is C19H20FNO5S. The molecule has 1 heterocycles. The molecule has 8 heteroatoms. The van der Waals surface area contributed by atoms with E-state index in [1.807, 2.05) is 6.92 Å². The minimum absolute atomic E-state index is 0.0688. The summed E-state index contributed by atoms with van der Waals surface area (Å²) in [6, 6.07) is 7.11. The van der Waals surface area contributed by atoms with Gasteiger partial charge in [0.25, 0.3) is 5.91 Å². The summed E-state index contributed by atoms with van der Waals surface area (Å²) in [7, 11) is 0. The van der Waals surface area contributed by atoms with Crippen molar-refractivity contribution in [2.24, 2.45) is 0 Å². The van der Waals surface area contributed by atoms with Gasteiger partial charge in [0.15, 0.2) is 6.61 Å². The molecule has 0 atom stereocenters. The number of ether oxygens (including phenoxy) is 2. The van der Waals surface area contributed by atoms with Crippen LogP contribution in [-0.4, -0.2) is 31.1 Å². The van der Waals surface area contributed by atoms with Gasteiger partial charge in [0, 0.05) is 4.88 Å². The van der Waals surface area contributed by atoms with E-state index < -0.39 is 30.3 Å². The van der Waals surface area contributed by atoms with E-state index in [2.05, 4.69) is 5.32 Å². The number of rotatable bonds is 8. The van der Waals surface area contributed by atoms with Crippen molar-refractivity contribution in [1.82, 2.24) is 0 Å². The summed E-state index contributed by atoms with van der Waals surface area (Å²) in [6.45, 7) is 3.37. The highest BCUT2D eigenvalue weighted by Gasteiger charge is 2.19. The highest BCUT2D eigenvalue weighted by Crippen LogP contribution is 2.29. The third-order valence-electron chi connectivity index (χ3n) is 3.51. The van der Waals surface area contributed by atoms with E-state index in [4.69, 9.17) is 9.47 Å². The van der Waals surface area contributed by atoms with E-state index >= 15 is 0 Å².